The summed E-state index contributed by atoms with van der Waals surface area (Å²) in [5.41, 5.74) is 2.04. The molecule has 0 spiro atoms. The summed E-state index contributed by atoms with van der Waals surface area (Å²) < 4.78 is 18.2. The van der Waals surface area contributed by atoms with E-state index in [1.54, 1.807) is 12.5 Å². The molecule has 0 bridgehead atoms. The molecule has 156 valence electrons. The van der Waals surface area contributed by atoms with Crippen LogP contribution in [-0.4, -0.2) is 30.6 Å². The second-order valence-electron chi connectivity index (χ2n) is 6.32. The standard InChI is InChI=1S/C21H21FN4O3S/c1-29-18-5-3-2-4-14(18)10-11-23-19(27)12-17-13-30-21(25-17)26-20(28)24-16-8-6-15(22)7-9-16/h2-9,13H,10-12H2,1H3,(H,23,27)(H2,24,25,26,28). The summed E-state index contributed by atoms with van der Waals surface area (Å²) in [4.78, 5) is 28.4. The first-order valence-electron chi connectivity index (χ1n) is 9.20. The summed E-state index contributed by atoms with van der Waals surface area (Å²) in [7, 11) is 1.62. The number of ether oxygens (including phenoxy) is 1. The van der Waals surface area contributed by atoms with Gasteiger partial charge in [0.1, 0.15) is 11.6 Å². The Kier molecular flexibility index (Phi) is 7.34. The van der Waals surface area contributed by atoms with Gasteiger partial charge in [-0.25, -0.2) is 14.2 Å². The average Bonchev–Trinajstić information content (AvgIpc) is 3.16. The zero-order chi connectivity index (χ0) is 21.3. The van der Waals surface area contributed by atoms with E-state index in [0.717, 1.165) is 11.3 Å². The lowest BCUT2D eigenvalue weighted by Gasteiger charge is -2.08. The zero-order valence-electron chi connectivity index (χ0n) is 16.3. The number of thiazole rings is 1. The van der Waals surface area contributed by atoms with Crippen LogP contribution in [0, 0.1) is 5.82 Å². The topological polar surface area (TPSA) is 92.4 Å². The molecule has 1 heterocycles. The summed E-state index contributed by atoms with van der Waals surface area (Å²) >= 11 is 1.22. The summed E-state index contributed by atoms with van der Waals surface area (Å²) in [5.74, 6) is 0.255. The summed E-state index contributed by atoms with van der Waals surface area (Å²) in [5, 5.41) is 10.1. The van der Waals surface area contributed by atoms with Crippen molar-refractivity contribution in [2.45, 2.75) is 12.8 Å². The predicted molar refractivity (Wildman–Crippen MR) is 115 cm³/mol. The first-order valence-corrected chi connectivity index (χ1v) is 10.1. The fourth-order valence-electron chi connectivity index (χ4n) is 2.71. The van der Waals surface area contributed by atoms with Crippen LogP contribution < -0.4 is 20.7 Å². The maximum Gasteiger partial charge on any atom is 0.325 e. The van der Waals surface area contributed by atoms with Gasteiger partial charge in [-0.2, -0.15) is 0 Å². The van der Waals surface area contributed by atoms with Crippen LogP contribution in [-0.2, 0) is 17.6 Å². The summed E-state index contributed by atoms with van der Waals surface area (Å²) in [6.45, 7) is 0.481. The lowest BCUT2D eigenvalue weighted by Crippen LogP contribution is -2.27. The number of carbonyl (C=O) groups is 2. The molecule has 1 aromatic heterocycles. The van der Waals surface area contributed by atoms with Gasteiger partial charge in [-0.3, -0.25) is 10.1 Å². The molecule has 0 saturated heterocycles. The van der Waals surface area contributed by atoms with Gasteiger partial charge in [-0.1, -0.05) is 18.2 Å². The highest BCUT2D eigenvalue weighted by molar-refractivity contribution is 7.14. The summed E-state index contributed by atoms with van der Waals surface area (Å²) in [6.07, 6.45) is 0.771. The van der Waals surface area contributed by atoms with Gasteiger partial charge < -0.3 is 15.4 Å². The molecule has 3 amide bonds. The SMILES string of the molecule is COc1ccccc1CCNC(=O)Cc1csc(NC(=O)Nc2ccc(F)cc2)n1. The maximum absolute atomic E-state index is 12.9. The molecule has 3 rings (SSSR count). The molecule has 3 N–H and O–H groups in total. The molecule has 3 aromatic rings. The first-order chi connectivity index (χ1) is 14.5. The van der Waals surface area contributed by atoms with Crippen LogP contribution in [0.1, 0.15) is 11.3 Å². The normalized spacial score (nSPS) is 10.3. The smallest absolute Gasteiger partial charge is 0.325 e. The Balaban J connectivity index is 1.43. The lowest BCUT2D eigenvalue weighted by atomic mass is 10.1. The van der Waals surface area contributed by atoms with Crippen molar-refractivity contribution in [3.8, 4) is 5.75 Å². The van der Waals surface area contributed by atoms with Gasteiger partial charge in [-0.05, 0) is 42.3 Å². The van der Waals surface area contributed by atoms with Crippen LogP contribution in [0.5, 0.6) is 5.75 Å². The lowest BCUT2D eigenvalue weighted by molar-refractivity contribution is -0.120. The molecule has 9 heteroatoms. The second kappa shape index (κ2) is 10.4. The van der Waals surface area contributed by atoms with E-state index in [1.807, 2.05) is 24.3 Å². The molecule has 30 heavy (non-hydrogen) atoms. The number of benzene rings is 2. The molecule has 0 aliphatic rings. The minimum Gasteiger partial charge on any atom is -0.496 e. The quantitative estimate of drug-likeness (QED) is 0.508. The highest BCUT2D eigenvalue weighted by atomic mass is 32.1. The van der Waals surface area contributed by atoms with Crippen molar-refractivity contribution in [3.05, 3.63) is 71.0 Å². The Labute approximate surface area is 177 Å². The van der Waals surface area contributed by atoms with E-state index in [4.69, 9.17) is 4.74 Å². The molecular weight excluding hydrogens is 407 g/mol. The molecule has 7 nitrogen and oxygen atoms in total. The number of para-hydroxylation sites is 1. The molecule has 0 aliphatic carbocycles. The number of methoxy groups -OCH3 is 1. The molecule has 0 atom stereocenters. The van der Waals surface area contributed by atoms with Crippen LogP contribution in [0.4, 0.5) is 20.0 Å². The number of nitrogens with zero attached hydrogens (tertiary/aromatic N) is 1. The Bertz CT molecular complexity index is 1010. The number of carbonyl (C=O) groups excluding carboxylic acids is 2. The van der Waals surface area contributed by atoms with Crippen LogP contribution in [0.2, 0.25) is 0 Å². The van der Waals surface area contributed by atoms with E-state index in [0.29, 0.717) is 29.5 Å². The van der Waals surface area contributed by atoms with E-state index in [1.165, 1.54) is 35.6 Å². The van der Waals surface area contributed by atoms with Crippen molar-refractivity contribution in [2.75, 3.05) is 24.3 Å². The van der Waals surface area contributed by atoms with Crippen molar-refractivity contribution in [3.63, 3.8) is 0 Å². The third-order valence-corrected chi connectivity index (χ3v) is 4.93. The van der Waals surface area contributed by atoms with Gasteiger partial charge in [0.25, 0.3) is 0 Å². The Hall–Kier alpha value is -3.46. The minimum atomic E-state index is -0.497. The number of hydrogen-bond acceptors (Lipinski definition) is 5. The van der Waals surface area contributed by atoms with Crippen LogP contribution >= 0.6 is 11.3 Å². The van der Waals surface area contributed by atoms with Crippen molar-refractivity contribution >= 4 is 34.1 Å². The van der Waals surface area contributed by atoms with E-state index < -0.39 is 6.03 Å². The number of aromatic nitrogens is 1. The zero-order valence-corrected chi connectivity index (χ0v) is 17.1. The van der Waals surface area contributed by atoms with E-state index >= 15 is 0 Å². The second-order valence-corrected chi connectivity index (χ2v) is 7.18. The van der Waals surface area contributed by atoms with E-state index in [-0.39, 0.29) is 18.1 Å². The molecule has 0 fully saturated rings. The highest BCUT2D eigenvalue weighted by Crippen LogP contribution is 2.18. The molecule has 0 unspecified atom stereocenters. The van der Waals surface area contributed by atoms with E-state index in [9.17, 15) is 14.0 Å². The molecular formula is C21H21FN4O3S. The van der Waals surface area contributed by atoms with Crippen molar-refractivity contribution in [1.82, 2.24) is 10.3 Å². The number of halogens is 1. The number of nitrogens with one attached hydrogen (secondary N) is 3. The van der Waals surface area contributed by atoms with Crippen molar-refractivity contribution in [1.29, 1.82) is 0 Å². The Morgan fingerprint density at radius 1 is 1.10 bits per heavy atom. The van der Waals surface area contributed by atoms with Gasteiger partial charge in [0.2, 0.25) is 5.91 Å². The fourth-order valence-corrected chi connectivity index (χ4v) is 3.42. The maximum atomic E-state index is 12.9. The number of amides is 3. The summed E-state index contributed by atoms with van der Waals surface area (Å²) in [6, 6.07) is 12.6. The van der Waals surface area contributed by atoms with E-state index in [2.05, 4.69) is 20.9 Å². The van der Waals surface area contributed by atoms with Crippen molar-refractivity contribution in [2.24, 2.45) is 0 Å². The largest absolute Gasteiger partial charge is 0.496 e. The third kappa shape index (κ3) is 6.28. The predicted octanol–water partition coefficient (Wildman–Crippen LogP) is 3.84. The molecule has 2 aromatic carbocycles. The average molecular weight is 428 g/mol. The Morgan fingerprint density at radius 2 is 1.87 bits per heavy atom. The minimum absolute atomic E-state index is 0.115. The van der Waals surface area contributed by atoms with Gasteiger partial charge in [0.15, 0.2) is 5.13 Å². The van der Waals surface area contributed by atoms with Gasteiger partial charge >= 0.3 is 6.03 Å². The third-order valence-electron chi connectivity index (χ3n) is 4.13. The highest BCUT2D eigenvalue weighted by Gasteiger charge is 2.10. The molecule has 0 saturated carbocycles. The fraction of sp³-hybridized carbons (Fsp3) is 0.190. The van der Waals surface area contributed by atoms with Crippen molar-refractivity contribution < 1.29 is 18.7 Å². The molecule has 0 radical (unpaired) electrons. The first kappa shape index (κ1) is 21.3. The van der Waals surface area contributed by atoms with Crippen LogP contribution in [0.25, 0.3) is 0 Å². The number of anilines is 2. The number of rotatable bonds is 8. The van der Waals surface area contributed by atoms with Gasteiger partial charge in [0.05, 0.1) is 19.2 Å². The Morgan fingerprint density at radius 3 is 2.63 bits per heavy atom. The number of hydrogen-bond donors (Lipinski definition) is 3. The monoisotopic (exact) mass is 428 g/mol. The van der Waals surface area contributed by atoms with Crippen LogP contribution in [0.15, 0.2) is 53.9 Å². The van der Waals surface area contributed by atoms with Crippen LogP contribution in [0.3, 0.4) is 0 Å². The molecule has 0 aliphatic heterocycles. The van der Waals surface area contributed by atoms with Gasteiger partial charge in [-0.15, -0.1) is 11.3 Å². The number of urea groups is 1. The van der Waals surface area contributed by atoms with Gasteiger partial charge in [0, 0.05) is 17.6 Å².